The number of rotatable bonds is 3. The van der Waals surface area contributed by atoms with E-state index in [2.05, 4.69) is 10.5 Å². The molecule has 0 spiro atoms. The lowest BCUT2D eigenvalue weighted by atomic mass is 10.1. The number of benzene rings is 2. The molecule has 1 heterocycles. The molecule has 0 aliphatic carbocycles. The molecule has 0 saturated heterocycles. The van der Waals surface area contributed by atoms with Gasteiger partial charge in [0.15, 0.2) is 11.5 Å². The molecule has 4 nitrogen and oxygen atoms in total. The lowest BCUT2D eigenvalue weighted by molar-refractivity contribution is 0.101. The SMILES string of the molecule is O=C(Nc1ccccc1F)c1cc(-c2ccc(F)cc2)on1. The van der Waals surface area contributed by atoms with Gasteiger partial charge in [0.1, 0.15) is 11.6 Å². The van der Waals surface area contributed by atoms with Crippen LogP contribution < -0.4 is 5.32 Å². The first-order chi connectivity index (χ1) is 10.6. The van der Waals surface area contributed by atoms with Gasteiger partial charge in [-0.3, -0.25) is 4.79 Å². The lowest BCUT2D eigenvalue weighted by Crippen LogP contribution is -2.13. The largest absolute Gasteiger partial charge is 0.355 e. The van der Waals surface area contributed by atoms with Gasteiger partial charge in [-0.15, -0.1) is 0 Å². The zero-order chi connectivity index (χ0) is 15.5. The summed E-state index contributed by atoms with van der Waals surface area (Å²) >= 11 is 0. The van der Waals surface area contributed by atoms with Gasteiger partial charge in [0.25, 0.3) is 5.91 Å². The molecule has 0 atom stereocenters. The van der Waals surface area contributed by atoms with Crippen molar-refractivity contribution in [3.8, 4) is 11.3 Å². The van der Waals surface area contributed by atoms with Crippen molar-refractivity contribution in [2.45, 2.75) is 0 Å². The van der Waals surface area contributed by atoms with Gasteiger partial charge in [0.05, 0.1) is 5.69 Å². The Balaban J connectivity index is 1.80. The van der Waals surface area contributed by atoms with Crippen molar-refractivity contribution in [1.82, 2.24) is 5.16 Å². The Morgan fingerprint density at radius 2 is 1.77 bits per heavy atom. The molecule has 0 bridgehead atoms. The fraction of sp³-hybridized carbons (Fsp3) is 0. The quantitative estimate of drug-likeness (QED) is 0.798. The Morgan fingerprint density at radius 1 is 1.05 bits per heavy atom. The molecule has 0 aliphatic heterocycles. The number of amides is 1. The van der Waals surface area contributed by atoms with Crippen LogP contribution in [0.2, 0.25) is 0 Å². The molecule has 0 aliphatic rings. The molecule has 110 valence electrons. The van der Waals surface area contributed by atoms with Crippen LogP contribution >= 0.6 is 0 Å². The number of hydrogen-bond acceptors (Lipinski definition) is 3. The maximum absolute atomic E-state index is 13.5. The first-order valence-corrected chi connectivity index (χ1v) is 6.42. The smallest absolute Gasteiger partial charge is 0.277 e. The highest BCUT2D eigenvalue weighted by Gasteiger charge is 2.15. The van der Waals surface area contributed by atoms with Crippen molar-refractivity contribution < 1.29 is 18.1 Å². The Kier molecular flexibility index (Phi) is 3.65. The summed E-state index contributed by atoms with van der Waals surface area (Å²) in [6.45, 7) is 0. The van der Waals surface area contributed by atoms with Crippen LogP contribution in [-0.4, -0.2) is 11.1 Å². The second-order valence-electron chi connectivity index (χ2n) is 4.52. The van der Waals surface area contributed by atoms with Crippen molar-refractivity contribution in [2.75, 3.05) is 5.32 Å². The molecule has 2 aromatic carbocycles. The van der Waals surface area contributed by atoms with Crippen LogP contribution in [0.25, 0.3) is 11.3 Å². The predicted molar refractivity (Wildman–Crippen MR) is 76.3 cm³/mol. The lowest BCUT2D eigenvalue weighted by Gasteiger charge is -2.02. The maximum Gasteiger partial charge on any atom is 0.277 e. The standard InChI is InChI=1S/C16H10F2N2O2/c17-11-7-5-10(6-8-11)15-9-14(20-22-15)16(21)19-13-4-2-1-3-12(13)18/h1-9H,(H,19,21). The molecule has 1 amide bonds. The second kappa shape index (κ2) is 5.77. The minimum Gasteiger partial charge on any atom is -0.355 e. The van der Waals surface area contributed by atoms with E-state index < -0.39 is 11.7 Å². The van der Waals surface area contributed by atoms with Gasteiger partial charge in [-0.2, -0.15) is 0 Å². The monoisotopic (exact) mass is 300 g/mol. The Labute approximate surface area is 124 Å². The minimum absolute atomic E-state index is 0.00239. The molecule has 3 rings (SSSR count). The van der Waals surface area contributed by atoms with Crippen molar-refractivity contribution >= 4 is 11.6 Å². The average Bonchev–Trinajstić information content (AvgIpc) is 3.00. The summed E-state index contributed by atoms with van der Waals surface area (Å²) < 4.78 is 31.4. The number of halogens is 2. The van der Waals surface area contributed by atoms with Gasteiger partial charge >= 0.3 is 0 Å². The van der Waals surface area contributed by atoms with Crippen molar-refractivity contribution in [2.24, 2.45) is 0 Å². The van der Waals surface area contributed by atoms with E-state index in [1.165, 1.54) is 48.5 Å². The third-order valence-electron chi connectivity index (χ3n) is 2.99. The van der Waals surface area contributed by atoms with Crippen LogP contribution in [0, 0.1) is 11.6 Å². The molecular weight excluding hydrogens is 290 g/mol. The van der Waals surface area contributed by atoms with Gasteiger partial charge in [-0.05, 0) is 36.4 Å². The number of para-hydroxylation sites is 1. The van der Waals surface area contributed by atoms with E-state index in [0.29, 0.717) is 11.3 Å². The van der Waals surface area contributed by atoms with E-state index in [1.807, 2.05) is 0 Å². The Bertz CT molecular complexity index is 813. The molecule has 1 aromatic heterocycles. The minimum atomic E-state index is -0.595. The molecular formula is C16H10F2N2O2. The van der Waals surface area contributed by atoms with E-state index >= 15 is 0 Å². The van der Waals surface area contributed by atoms with Crippen molar-refractivity contribution in [3.63, 3.8) is 0 Å². The summed E-state index contributed by atoms with van der Waals surface area (Å²) in [6, 6.07) is 12.8. The molecule has 3 aromatic rings. The normalized spacial score (nSPS) is 10.5. The van der Waals surface area contributed by atoms with E-state index in [1.54, 1.807) is 6.07 Å². The number of carbonyl (C=O) groups is 1. The fourth-order valence-corrected chi connectivity index (χ4v) is 1.88. The average molecular weight is 300 g/mol. The van der Waals surface area contributed by atoms with Crippen LogP contribution in [0.5, 0.6) is 0 Å². The summed E-state index contributed by atoms with van der Waals surface area (Å²) in [7, 11) is 0. The summed E-state index contributed by atoms with van der Waals surface area (Å²) in [4.78, 5) is 12.0. The van der Waals surface area contributed by atoms with Gasteiger partial charge in [0, 0.05) is 11.6 Å². The highest BCUT2D eigenvalue weighted by atomic mass is 19.1. The fourth-order valence-electron chi connectivity index (χ4n) is 1.88. The van der Waals surface area contributed by atoms with Crippen LogP contribution in [0.3, 0.4) is 0 Å². The predicted octanol–water partition coefficient (Wildman–Crippen LogP) is 3.87. The molecule has 0 radical (unpaired) electrons. The molecule has 0 fully saturated rings. The molecule has 22 heavy (non-hydrogen) atoms. The Morgan fingerprint density at radius 3 is 2.50 bits per heavy atom. The number of nitrogens with one attached hydrogen (secondary N) is 1. The first-order valence-electron chi connectivity index (χ1n) is 6.42. The van der Waals surface area contributed by atoms with Crippen LogP contribution in [0.4, 0.5) is 14.5 Å². The zero-order valence-electron chi connectivity index (χ0n) is 11.2. The van der Waals surface area contributed by atoms with E-state index in [-0.39, 0.29) is 17.2 Å². The number of anilines is 1. The van der Waals surface area contributed by atoms with Crippen LogP contribution in [-0.2, 0) is 0 Å². The highest BCUT2D eigenvalue weighted by Crippen LogP contribution is 2.21. The summed E-state index contributed by atoms with van der Waals surface area (Å²) in [5, 5.41) is 6.04. The van der Waals surface area contributed by atoms with Gasteiger partial charge in [0.2, 0.25) is 0 Å². The van der Waals surface area contributed by atoms with Gasteiger partial charge in [-0.25, -0.2) is 8.78 Å². The van der Waals surface area contributed by atoms with E-state index in [4.69, 9.17) is 4.52 Å². The summed E-state index contributed by atoms with van der Waals surface area (Å²) in [6.07, 6.45) is 0. The summed E-state index contributed by atoms with van der Waals surface area (Å²) in [5.41, 5.74) is 0.639. The van der Waals surface area contributed by atoms with Crippen LogP contribution in [0.1, 0.15) is 10.5 Å². The van der Waals surface area contributed by atoms with Crippen LogP contribution in [0.15, 0.2) is 59.1 Å². The zero-order valence-corrected chi connectivity index (χ0v) is 11.2. The molecule has 0 unspecified atom stereocenters. The summed E-state index contributed by atoms with van der Waals surface area (Å²) in [5.74, 6) is -1.19. The van der Waals surface area contributed by atoms with Gasteiger partial charge < -0.3 is 9.84 Å². The number of nitrogens with zero attached hydrogens (tertiary/aromatic N) is 1. The van der Waals surface area contributed by atoms with Crippen molar-refractivity contribution in [1.29, 1.82) is 0 Å². The molecule has 0 saturated carbocycles. The second-order valence-corrected chi connectivity index (χ2v) is 4.52. The van der Waals surface area contributed by atoms with E-state index in [9.17, 15) is 13.6 Å². The maximum atomic E-state index is 13.5. The highest BCUT2D eigenvalue weighted by molar-refractivity contribution is 6.03. The third-order valence-corrected chi connectivity index (χ3v) is 2.99. The topological polar surface area (TPSA) is 55.1 Å². The third kappa shape index (κ3) is 2.85. The molecule has 6 heteroatoms. The van der Waals surface area contributed by atoms with Gasteiger partial charge in [-0.1, -0.05) is 17.3 Å². The van der Waals surface area contributed by atoms with Crippen molar-refractivity contribution in [3.05, 3.63) is 71.9 Å². The number of hydrogen-bond donors (Lipinski definition) is 1. The molecule has 1 N–H and O–H groups in total. The Hall–Kier alpha value is -3.02. The number of aromatic nitrogens is 1. The van der Waals surface area contributed by atoms with E-state index in [0.717, 1.165) is 0 Å². The number of carbonyl (C=O) groups excluding carboxylic acids is 1. The first kappa shape index (κ1) is 13.9.